The minimum Gasteiger partial charge on any atom is -0.497 e. The van der Waals surface area contributed by atoms with Crippen molar-refractivity contribution in [1.82, 2.24) is 9.80 Å². The molecule has 3 heterocycles. The normalized spacial score (nSPS) is 17.8. The molecule has 0 radical (unpaired) electrons. The first-order valence-electron chi connectivity index (χ1n) is 14.4. The van der Waals surface area contributed by atoms with Crippen LogP contribution in [0.1, 0.15) is 50.7 Å². The van der Waals surface area contributed by atoms with Gasteiger partial charge in [-0.2, -0.15) is 0 Å². The van der Waals surface area contributed by atoms with E-state index in [0.29, 0.717) is 18.2 Å². The zero-order valence-corrected chi connectivity index (χ0v) is 24.3. The molecule has 9 heteroatoms. The van der Waals surface area contributed by atoms with E-state index in [0.717, 1.165) is 79.1 Å². The molecule has 0 saturated carbocycles. The third-order valence-corrected chi connectivity index (χ3v) is 8.02. The summed E-state index contributed by atoms with van der Waals surface area (Å²) in [6.07, 6.45) is 8.23. The highest BCUT2D eigenvalue weighted by atomic mass is 16.5. The minimum absolute atomic E-state index is 0.0286. The van der Waals surface area contributed by atoms with Crippen LogP contribution < -0.4 is 20.1 Å². The van der Waals surface area contributed by atoms with Crippen molar-refractivity contribution < 1.29 is 19.1 Å². The van der Waals surface area contributed by atoms with E-state index in [2.05, 4.69) is 27.4 Å². The van der Waals surface area contributed by atoms with Crippen molar-refractivity contribution in [2.45, 2.75) is 58.9 Å². The molecule has 5 rings (SSSR count). The maximum Gasteiger partial charge on any atom is 0.322 e. The summed E-state index contributed by atoms with van der Waals surface area (Å²) < 4.78 is 11.6. The molecule has 3 aliphatic rings. The second kappa shape index (κ2) is 12.5. The molecule has 216 valence electrons. The number of rotatable bonds is 7. The number of methoxy groups -OCH3 is 1. The Morgan fingerprint density at radius 1 is 1.12 bits per heavy atom. The van der Waals surface area contributed by atoms with Crippen molar-refractivity contribution >= 4 is 29.5 Å². The number of ether oxygens (including phenoxy) is 2. The van der Waals surface area contributed by atoms with Crippen LogP contribution in [0.25, 0.3) is 0 Å². The quantitative estimate of drug-likeness (QED) is 0.444. The summed E-state index contributed by atoms with van der Waals surface area (Å²) in [4.78, 5) is 33.6. The van der Waals surface area contributed by atoms with Crippen LogP contribution in [0.5, 0.6) is 11.5 Å². The lowest BCUT2D eigenvalue weighted by Gasteiger charge is -2.39. The number of fused-ring (bicyclic) bond motifs is 1. The highest BCUT2D eigenvalue weighted by Crippen LogP contribution is 2.31. The Labute approximate surface area is 241 Å². The van der Waals surface area contributed by atoms with Gasteiger partial charge in [0.2, 0.25) is 11.8 Å². The molecule has 3 amide bonds. The van der Waals surface area contributed by atoms with Crippen molar-refractivity contribution in [3.63, 3.8) is 0 Å². The van der Waals surface area contributed by atoms with Gasteiger partial charge in [-0.1, -0.05) is 6.92 Å². The molecule has 1 saturated heterocycles. The molecule has 2 aromatic rings. The summed E-state index contributed by atoms with van der Waals surface area (Å²) in [7, 11) is 1.66. The molecule has 9 nitrogen and oxygen atoms in total. The van der Waals surface area contributed by atoms with E-state index < -0.39 is 0 Å². The number of aryl methyl sites for hydroxylation is 1. The van der Waals surface area contributed by atoms with Gasteiger partial charge in [-0.05, 0) is 85.7 Å². The minimum atomic E-state index is -0.106. The molecule has 41 heavy (non-hydrogen) atoms. The third-order valence-electron chi connectivity index (χ3n) is 8.02. The van der Waals surface area contributed by atoms with Crippen LogP contribution in [0.2, 0.25) is 0 Å². The lowest BCUT2D eigenvalue weighted by atomic mass is 9.99. The van der Waals surface area contributed by atoms with E-state index in [9.17, 15) is 9.59 Å². The second-order valence-corrected chi connectivity index (χ2v) is 10.7. The largest absolute Gasteiger partial charge is 0.497 e. The summed E-state index contributed by atoms with van der Waals surface area (Å²) in [6, 6.07) is 11.6. The van der Waals surface area contributed by atoms with Gasteiger partial charge in [-0.25, -0.2) is 9.79 Å². The van der Waals surface area contributed by atoms with Gasteiger partial charge in [-0.15, -0.1) is 0 Å². The van der Waals surface area contributed by atoms with Crippen LogP contribution in [-0.2, 0) is 11.2 Å². The highest BCUT2D eigenvalue weighted by molar-refractivity contribution is 5.91. The first-order valence-corrected chi connectivity index (χ1v) is 14.4. The van der Waals surface area contributed by atoms with Crippen molar-refractivity contribution in [2.24, 2.45) is 4.99 Å². The van der Waals surface area contributed by atoms with Gasteiger partial charge in [0.25, 0.3) is 0 Å². The molecule has 0 aromatic heterocycles. The van der Waals surface area contributed by atoms with E-state index >= 15 is 0 Å². The van der Waals surface area contributed by atoms with E-state index in [-0.39, 0.29) is 18.0 Å². The van der Waals surface area contributed by atoms with Gasteiger partial charge in [-0.3, -0.25) is 4.79 Å². The smallest absolute Gasteiger partial charge is 0.322 e. The number of hydrogen-bond acceptors (Lipinski definition) is 6. The fourth-order valence-corrected chi connectivity index (χ4v) is 5.78. The SMILES string of the molecule is CCC1=C(N2CCC(N3CCc4cc(OC)ccc4NC3=O)CC2)C=C(Oc2ccc(NC(C)=O)c(C)c2)N=CC1. The number of urea groups is 1. The van der Waals surface area contributed by atoms with E-state index in [4.69, 9.17) is 9.47 Å². The molecule has 1 fully saturated rings. The molecular formula is C32H39N5O4. The average Bonchev–Trinajstić information content (AvgIpc) is 3.27. The number of benzene rings is 2. The van der Waals surface area contributed by atoms with Gasteiger partial charge in [0.05, 0.1) is 7.11 Å². The maximum atomic E-state index is 13.2. The predicted molar refractivity (Wildman–Crippen MR) is 162 cm³/mol. The average molecular weight is 558 g/mol. The number of nitrogens with zero attached hydrogens (tertiary/aromatic N) is 3. The molecular weight excluding hydrogens is 518 g/mol. The lowest BCUT2D eigenvalue weighted by Crippen LogP contribution is -2.48. The summed E-state index contributed by atoms with van der Waals surface area (Å²) in [5, 5.41) is 5.94. The summed E-state index contributed by atoms with van der Waals surface area (Å²) >= 11 is 0. The van der Waals surface area contributed by atoms with Crippen molar-refractivity contribution in [1.29, 1.82) is 0 Å². The van der Waals surface area contributed by atoms with E-state index in [1.165, 1.54) is 12.5 Å². The van der Waals surface area contributed by atoms with Gasteiger partial charge in [0.1, 0.15) is 11.5 Å². The number of carbonyl (C=O) groups is 2. The monoisotopic (exact) mass is 557 g/mol. The van der Waals surface area contributed by atoms with Crippen molar-refractivity contribution in [2.75, 3.05) is 37.4 Å². The summed E-state index contributed by atoms with van der Waals surface area (Å²) in [5.74, 6) is 1.91. The molecule has 2 N–H and O–H groups in total. The molecule has 0 atom stereocenters. The fraction of sp³-hybridized carbons (Fsp3) is 0.406. The number of anilines is 2. The van der Waals surface area contributed by atoms with Gasteiger partial charge >= 0.3 is 6.03 Å². The zero-order valence-electron chi connectivity index (χ0n) is 24.3. The highest BCUT2D eigenvalue weighted by Gasteiger charge is 2.31. The molecule has 0 bridgehead atoms. The Morgan fingerprint density at radius 3 is 2.61 bits per heavy atom. The second-order valence-electron chi connectivity index (χ2n) is 10.7. The Morgan fingerprint density at radius 2 is 1.90 bits per heavy atom. The summed E-state index contributed by atoms with van der Waals surface area (Å²) in [6.45, 7) is 7.99. The zero-order chi connectivity index (χ0) is 28.9. The van der Waals surface area contributed by atoms with Crippen LogP contribution in [-0.4, -0.2) is 60.7 Å². The summed E-state index contributed by atoms with van der Waals surface area (Å²) in [5.41, 5.74) is 6.13. The van der Waals surface area contributed by atoms with Crippen LogP contribution in [0, 0.1) is 6.92 Å². The number of allylic oxidation sites excluding steroid dienone is 2. The van der Waals surface area contributed by atoms with Gasteiger partial charge < -0.3 is 29.9 Å². The number of likely N-dealkylation sites (tertiary alicyclic amines) is 1. The van der Waals surface area contributed by atoms with E-state index in [1.807, 2.05) is 60.5 Å². The Kier molecular flexibility index (Phi) is 8.61. The van der Waals surface area contributed by atoms with Gasteiger partial charge in [0.15, 0.2) is 0 Å². The van der Waals surface area contributed by atoms with Crippen molar-refractivity contribution in [3.8, 4) is 11.5 Å². The van der Waals surface area contributed by atoms with Crippen LogP contribution >= 0.6 is 0 Å². The third kappa shape index (κ3) is 6.56. The van der Waals surface area contributed by atoms with Gasteiger partial charge in [0, 0.05) is 68.4 Å². The predicted octanol–water partition coefficient (Wildman–Crippen LogP) is 5.88. The fourth-order valence-electron chi connectivity index (χ4n) is 5.78. The molecule has 0 spiro atoms. The topological polar surface area (TPSA) is 95.5 Å². The Hall–Kier alpha value is -4.27. The molecule has 0 unspecified atom stereocenters. The number of aliphatic imine (C=N–C) groups is 1. The first-order chi connectivity index (χ1) is 19.8. The van der Waals surface area contributed by atoms with Crippen LogP contribution in [0.3, 0.4) is 0 Å². The number of carbonyl (C=O) groups excluding carboxylic acids is 2. The number of nitrogens with one attached hydrogen (secondary N) is 2. The molecule has 2 aromatic carbocycles. The van der Waals surface area contributed by atoms with Crippen molar-refractivity contribution in [3.05, 3.63) is 70.8 Å². The molecule has 3 aliphatic heterocycles. The van der Waals surface area contributed by atoms with Crippen LogP contribution in [0.4, 0.5) is 16.2 Å². The number of piperidine rings is 1. The standard InChI is InChI=1S/C32H39N5O4/c1-5-23-10-14-33-31(41-27-7-8-28(21(2)18-27)34-22(3)38)20-30(23)36-15-12-25(13-16-36)37-17-11-24-19-26(40-4)6-9-29(24)35-32(37)39/h6-9,14,18-20,25H,5,10-13,15-17H2,1-4H3,(H,34,38)(H,35,39). The number of hydrogen-bond donors (Lipinski definition) is 2. The Balaban J connectivity index is 1.26. The maximum absolute atomic E-state index is 13.2. The first kappa shape index (κ1) is 28.3. The Bertz CT molecular complexity index is 1400. The van der Waals surface area contributed by atoms with E-state index in [1.54, 1.807) is 7.11 Å². The lowest BCUT2D eigenvalue weighted by molar-refractivity contribution is -0.114. The van der Waals surface area contributed by atoms with Crippen LogP contribution in [0.15, 0.2) is 64.6 Å². The molecule has 0 aliphatic carbocycles. The number of amides is 3.